The Kier molecular flexibility index (Phi) is 5.25. The predicted octanol–water partition coefficient (Wildman–Crippen LogP) is 1.73. The summed E-state index contributed by atoms with van der Waals surface area (Å²) in [5.41, 5.74) is 1.02. The van der Waals surface area contributed by atoms with Gasteiger partial charge >= 0.3 is 0 Å². The normalized spacial score (nSPS) is 17.2. The summed E-state index contributed by atoms with van der Waals surface area (Å²) in [6.07, 6.45) is 3.71. The number of nitrogens with one attached hydrogen (secondary N) is 1. The molecule has 1 aliphatic heterocycles. The van der Waals surface area contributed by atoms with Gasteiger partial charge in [-0.05, 0) is 44.4 Å². The highest BCUT2D eigenvalue weighted by atomic mass is 16.5. The highest BCUT2D eigenvalue weighted by molar-refractivity contribution is 5.44. The molecule has 1 aromatic rings. The number of benzene rings is 1. The summed E-state index contributed by atoms with van der Waals surface area (Å²) in [4.78, 5) is 1.37. The van der Waals surface area contributed by atoms with Gasteiger partial charge in [-0.3, -0.25) is 0 Å². The van der Waals surface area contributed by atoms with Gasteiger partial charge in [0.25, 0.3) is 0 Å². The number of methoxy groups -OCH3 is 1. The zero-order valence-corrected chi connectivity index (χ0v) is 12.3. The molecule has 0 saturated carbocycles. The molecule has 1 fully saturated rings. The van der Waals surface area contributed by atoms with Crippen LogP contribution in [0.15, 0.2) is 18.2 Å². The first-order chi connectivity index (χ1) is 9.80. The molecule has 1 heterocycles. The third kappa shape index (κ3) is 3.23. The zero-order chi connectivity index (χ0) is 14.4. The van der Waals surface area contributed by atoms with E-state index in [1.807, 2.05) is 25.1 Å². The number of hydrogen-bond donors (Lipinski definition) is 1. The average Bonchev–Trinajstić information content (AvgIpc) is 2.50. The monoisotopic (exact) mass is 275 g/mol. The van der Waals surface area contributed by atoms with Gasteiger partial charge in [0.15, 0.2) is 11.5 Å². The summed E-state index contributed by atoms with van der Waals surface area (Å²) in [6, 6.07) is 8.19. The quantitative estimate of drug-likeness (QED) is 0.890. The minimum Gasteiger partial charge on any atom is -0.493 e. The lowest BCUT2D eigenvalue weighted by molar-refractivity contribution is -0.927. The van der Waals surface area contributed by atoms with Crippen molar-refractivity contribution in [2.24, 2.45) is 0 Å². The van der Waals surface area contributed by atoms with E-state index in [-0.39, 0.29) is 6.04 Å². The molecule has 1 atom stereocenters. The minimum atomic E-state index is -0.111. The fraction of sp³-hybridized carbons (Fsp3) is 0.562. The standard InChI is InChI=1S/C16H22N2O2/c1-3-20-15-8-7-13(11-16(15)19-2)14(12-17)18-9-5-4-6-10-18/h7-8,11,14H,3-6,9-10H2,1-2H3/p+1/t14-/m1/s1. The van der Waals surface area contributed by atoms with Crippen LogP contribution < -0.4 is 14.4 Å². The maximum Gasteiger partial charge on any atom is 0.200 e. The van der Waals surface area contributed by atoms with Crippen LogP contribution >= 0.6 is 0 Å². The van der Waals surface area contributed by atoms with Gasteiger partial charge in [-0.15, -0.1) is 0 Å². The number of rotatable bonds is 5. The van der Waals surface area contributed by atoms with E-state index in [1.165, 1.54) is 24.2 Å². The molecule has 4 nitrogen and oxygen atoms in total. The number of nitrogens with zero attached hydrogens (tertiary/aromatic N) is 1. The summed E-state index contributed by atoms with van der Waals surface area (Å²) in [6.45, 7) is 4.71. The molecule has 0 radical (unpaired) electrons. The van der Waals surface area contributed by atoms with Crippen molar-refractivity contribution in [3.63, 3.8) is 0 Å². The largest absolute Gasteiger partial charge is 0.493 e. The van der Waals surface area contributed by atoms with Crippen molar-refractivity contribution < 1.29 is 14.4 Å². The van der Waals surface area contributed by atoms with Gasteiger partial charge in [0.1, 0.15) is 6.07 Å². The van der Waals surface area contributed by atoms with Crippen LogP contribution in [-0.4, -0.2) is 26.8 Å². The average molecular weight is 275 g/mol. The Labute approximate surface area is 120 Å². The third-order valence-electron chi connectivity index (χ3n) is 3.85. The van der Waals surface area contributed by atoms with Gasteiger partial charge in [-0.1, -0.05) is 0 Å². The Balaban J connectivity index is 2.23. The fourth-order valence-electron chi connectivity index (χ4n) is 2.83. The summed E-state index contributed by atoms with van der Waals surface area (Å²) >= 11 is 0. The van der Waals surface area contributed by atoms with Crippen molar-refractivity contribution in [2.75, 3.05) is 26.8 Å². The molecular formula is C16H23N2O2+. The molecule has 0 amide bonds. The van der Waals surface area contributed by atoms with Gasteiger partial charge in [0.05, 0.1) is 26.8 Å². The van der Waals surface area contributed by atoms with Crippen LogP contribution in [0.25, 0.3) is 0 Å². The minimum absolute atomic E-state index is 0.111. The Morgan fingerprint density at radius 1 is 1.25 bits per heavy atom. The van der Waals surface area contributed by atoms with Crippen LogP contribution in [0.4, 0.5) is 0 Å². The Morgan fingerprint density at radius 3 is 2.60 bits per heavy atom. The van der Waals surface area contributed by atoms with Crippen molar-refractivity contribution in [1.29, 1.82) is 5.26 Å². The number of likely N-dealkylation sites (tertiary alicyclic amines) is 1. The summed E-state index contributed by atoms with van der Waals surface area (Å²) < 4.78 is 10.9. The molecule has 1 saturated heterocycles. The molecule has 0 spiro atoms. The van der Waals surface area contributed by atoms with E-state index in [9.17, 15) is 5.26 Å². The Bertz CT molecular complexity index is 476. The Hall–Kier alpha value is -1.73. The molecule has 0 aliphatic carbocycles. The lowest BCUT2D eigenvalue weighted by Crippen LogP contribution is -3.13. The van der Waals surface area contributed by atoms with E-state index >= 15 is 0 Å². The lowest BCUT2D eigenvalue weighted by Gasteiger charge is -2.28. The van der Waals surface area contributed by atoms with Gasteiger partial charge < -0.3 is 14.4 Å². The molecule has 4 heteroatoms. The number of hydrogen-bond acceptors (Lipinski definition) is 3. The molecule has 2 rings (SSSR count). The SMILES string of the molecule is CCOc1ccc([C@@H](C#N)[NH+]2CCCCC2)cc1OC. The Morgan fingerprint density at radius 2 is 2.00 bits per heavy atom. The van der Waals surface area contributed by atoms with E-state index in [0.29, 0.717) is 12.4 Å². The summed E-state index contributed by atoms with van der Waals surface area (Å²) in [5, 5.41) is 9.53. The molecule has 1 aromatic carbocycles. The van der Waals surface area contributed by atoms with E-state index in [2.05, 4.69) is 6.07 Å². The first-order valence-electron chi connectivity index (χ1n) is 7.35. The molecule has 0 bridgehead atoms. The van der Waals surface area contributed by atoms with Crippen LogP contribution in [0.2, 0.25) is 0 Å². The lowest BCUT2D eigenvalue weighted by atomic mass is 10.0. The van der Waals surface area contributed by atoms with E-state index < -0.39 is 0 Å². The smallest absolute Gasteiger partial charge is 0.200 e. The third-order valence-corrected chi connectivity index (χ3v) is 3.85. The van der Waals surface area contributed by atoms with Gasteiger partial charge in [0, 0.05) is 5.56 Å². The van der Waals surface area contributed by atoms with Crippen LogP contribution in [0, 0.1) is 11.3 Å². The highest BCUT2D eigenvalue weighted by Crippen LogP contribution is 2.29. The molecular weight excluding hydrogens is 252 g/mol. The number of nitriles is 1. The number of piperidine rings is 1. The second kappa shape index (κ2) is 7.16. The van der Waals surface area contributed by atoms with Gasteiger partial charge in [-0.25, -0.2) is 0 Å². The fourth-order valence-corrected chi connectivity index (χ4v) is 2.83. The molecule has 0 aromatic heterocycles. The van der Waals surface area contributed by atoms with E-state index in [4.69, 9.17) is 9.47 Å². The van der Waals surface area contributed by atoms with Crippen molar-refractivity contribution in [1.82, 2.24) is 0 Å². The van der Waals surface area contributed by atoms with Gasteiger partial charge in [0.2, 0.25) is 6.04 Å². The summed E-state index contributed by atoms with van der Waals surface area (Å²) in [7, 11) is 1.64. The van der Waals surface area contributed by atoms with Crippen LogP contribution in [0.1, 0.15) is 37.8 Å². The van der Waals surface area contributed by atoms with Crippen LogP contribution in [-0.2, 0) is 0 Å². The maximum atomic E-state index is 9.53. The molecule has 20 heavy (non-hydrogen) atoms. The molecule has 0 unspecified atom stereocenters. The van der Waals surface area contributed by atoms with Crippen LogP contribution in [0.5, 0.6) is 11.5 Å². The first kappa shape index (κ1) is 14.7. The molecule has 1 N–H and O–H groups in total. The second-order valence-corrected chi connectivity index (χ2v) is 5.12. The highest BCUT2D eigenvalue weighted by Gasteiger charge is 2.26. The molecule has 108 valence electrons. The van der Waals surface area contributed by atoms with E-state index in [1.54, 1.807) is 7.11 Å². The van der Waals surface area contributed by atoms with Crippen molar-refractivity contribution in [3.8, 4) is 17.6 Å². The first-order valence-corrected chi connectivity index (χ1v) is 7.35. The topological polar surface area (TPSA) is 46.7 Å². The molecule has 1 aliphatic rings. The van der Waals surface area contributed by atoms with Crippen LogP contribution in [0.3, 0.4) is 0 Å². The van der Waals surface area contributed by atoms with Crippen molar-refractivity contribution in [3.05, 3.63) is 23.8 Å². The predicted molar refractivity (Wildman–Crippen MR) is 77.1 cm³/mol. The summed E-state index contributed by atoms with van der Waals surface area (Å²) in [5.74, 6) is 1.45. The van der Waals surface area contributed by atoms with Crippen molar-refractivity contribution in [2.45, 2.75) is 32.2 Å². The van der Waals surface area contributed by atoms with Crippen molar-refractivity contribution >= 4 is 0 Å². The number of quaternary nitrogens is 1. The maximum absolute atomic E-state index is 9.53. The van der Waals surface area contributed by atoms with E-state index in [0.717, 1.165) is 24.4 Å². The second-order valence-electron chi connectivity index (χ2n) is 5.12. The number of ether oxygens (including phenoxy) is 2. The zero-order valence-electron chi connectivity index (χ0n) is 12.3. The van der Waals surface area contributed by atoms with Gasteiger partial charge in [-0.2, -0.15) is 5.26 Å².